The minimum absolute atomic E-state index is 1.07. The Kier molecular flexibility index (Phi) is 16.9. The summed E-state index contributed by atoms with van der Waals surface area (Å²) >= 11 is 0. The van der Waals surface area contributed by atoms with Crippen LogP contribution >= 0.6 is 0 Å². The Hall–Kier alpha value is -1.98. The lowest BCUT2D eigenvalue weighted by molar-refractivity contribution is -0.693. The van der Waals surface area contributed by atoms with Gasteiger partial charge in [-0.25, -0.2) is 4.57 Å². The Morgan fingerprint density at radius 1 is 0.920 bits per heavy atom. The minimum atomic E-state index is 1.07. The monoisotopic (exact) mass is 342 g/mol. The molecular weight excluding hydrogens is 308 g/mol. The molecule has 1 heterocycles. The smallest absolute Gasteiger partial charge is 0.169 e. The van der Waals surface area contributed by atoms with Crippen LogP contribution in [0.1, 0.15) is 83.6 Å². The normalized spacial score (nSPS) is 9.48. The second kappa shape index (κ2) is 18.4. The molecule has 0 aliphatic carbocycles. The first kappa shape index (κ1) is 23.0. The van der Waals surface area contributed by atoms with Crippen LogP contribution < -0.4 is 4.57 Å². The van der Waals surface area contributed by atoms with E-state index in [1.807, 2.05) is 0 Å². The van der Waals surface area contributed by atoms with E-state index in [1.165, 1.54) is 88.4 Å². The van der Waals surface area contributed by atoms with Gasteiger partial charge in [0.2, 0.25) is 0 Å². The van der Waals surface area contributed by atoms with Crippen molar-refractivity contribution in [1.29, 1.82) is 5.26 Å². The summed E-state index contributed by atoms with van der Waals surface area (Å²) < 4.78 is 2.22. The molecule has 0 saturated carbocycles. The maximum atomic E-state index is 7.43. The number of rotatable bonds is 12. The predicted molar refractivity (Wildman–Crippen MR) is 104 cm³/mol. The van der Waals surface area contributed by atoms with E-state index >= 15 is 0 Å². The van der Waals surface area contributed by atoms with Crippen molar-refractivity contribution in [3.63, 3.8) is 0 Å². The molecule has 0 fully saturated rings. The standard InChI is InChI=1S/C19H34N.C2N3/c1-3-5-6-7-8-9-10-11-12-13-14-19-15-17-20(4-2)18-16-19;3-1-5-2-4/h15-18H,3-14H2,1-2H3;/q+1;-1. The summed E-state index contributed by atoms with van der Waals surface area (Å²) in [5, 5.41) is 14.9. The lowest BCUT2D eigenvalue weighted by atomic mass is 10.0. The number of unbranched alkanes of at least 4 members (excludes halogenated alkanes) is 9. The van der Waals surface area contributed by atoms with Crippen molar-refractivity contribution in [2.45, 2.75) is 91.0 Å². The average Bonchev–Trinajstić information content (AvgIpc) is 2.65. The molecular formula is C21H34N4. The van der Waals surface area contributed by atoms with Gasteiger partial charge in [0, 0.05) is 12.1 Å². The highest BCUT2D eigenvalue weighted by molar-refractivity contribution is 5.46. The zero-order valence-corrected chi connectivity index (χ0v) is 16.1. The third-order valence-corrected chi connectivity index (χ3v) is 4.24. The number of aryl methyl sites for hydroxylation is 2. The number of aromatic nitrogens is 1. The molecule has 4 nitrogen and oxygen atoms in total. The molecule has 0 radical (unpaired) electrons. The lowest BCUT2D eigenvalue weighted by Gasteiger charge is -2.03. The summed E-state index contributed by atoms with van der Waals surface area (Å²) in [5.41, 5.74) is 1.49. The molecule has 1 aromatic rings. The second-order valence-corrected chi connectivity index (χ2v) is 6.28. The van der Waals surface area contributed by atoms with Gasteiger partial charge in [-0.15, -0.1) is 6.01 Å². The molecule has 0 saturated heterocycles. The Labute approximate surface area is 154 Å². The average molecular weight is 343 g/mol. The Bertz CT molecular complexity index is 496. The van der Waals surface area contributed by atoms with E-state index in [1.54, 1.807) is 0 Å². The van der Waals surface area contributed by atoms with Gasteiger partial charge in [-0.05, 0) is 25.3 Å². The van der Waals surface area contributed by atoms with Gasteiger partial charge >= 0.3 is 0 Å². The van der Waals surface area contributed by atoms with Crippen molar-refractivity contribution in [3.8, 4) is 6.19 Å². The summed E-state index contributed by atoms with van der Waals surface area (Å²) in [7, 11) is 0. The van der Waals surface area contributed by atoms with Crippen LogP contribution in [0, 0.1) is 11.5 Å². The second-order valence-electron chi connectivity index (χ2n) is 6.28. The minimum Gasteiger partial charge on any atom is -0.422 e. The molecule has 0 N–H and O–H groups in total. The number of aliphatic imine (C=N–C) groups is 1. The van der Waals surface area contributed by atoms with Crippen LogP contribution in [0.5, 0.6) is 0 Å². The fraction of sp³-hybridized carbons (Fsp3) is 0.667. The quantitative estimate of drug-likeness (QED) is 0.209. The highest BCUT2D eigenvalue weighted by Gasteiger charge is 1.98. The van der Waals surface area contributed by atoms with Crippen LogP contribution in [0.3, 0.4) is 0 Å². The third kappa shape index (κ3) is 15.3. The van der Waals surface area contributed by atoms with Crippen molar-refractivity contribution in [2.24, 2.45) is 4.99 Å². The fourth-order valence-electron chi connectivity index (χ4n) is 2.70. The van der Waals surface area contributed by atoms with E-state index in [4.69, 9.17) is 10.7 Å². The van der Waals surface area contributed by atoms with Crippen LogP contribution in [0.25, 0.3) is 5.41 Å². The van der Waals surface area contributed by atoms with Gasteiger partial charge in [0.15, 0.2) is 12.4 Å². The Morgan fingerprint density at radius 3 is 1.84 bits per heavy atom. The van der Waals surface area contributed by atoms with Gasteiger partial charge in [-0.2, -0.15) is 5.26 Å². The fourth-order valence-corrected chi connectivity index (χ4v) is 2.70. The molecule has 25 heavy (non-hydrogen) atoms. The van der Waals surface area contributed by atoms with Crippen molar-refractivity contribution in [1.82, 2.24) is 0 Å². The highest BCUT2D eigenvalue weighted by atomic mass is 14.9. The largest absolute Gasteiger partial charge is 0.422 e. The zero-order chi connectivity index (χ0) is 18.6. The summed E-state index contributed by atoms with van der Waals surface area (Å²) in [5.74, 6) is 0. The maximum Gasteiger partial charge on any atom is 0.169 e. The topological polar surface area (TPSA) is 62.3 Å². The number of pyridine rings is 1. The van der Waals surface area contributed by atoms with Crippen molar-refractivity contribution in [3.05, 3.63) is 35.5 Å². The van der Waals surface area contributed by atoms with Crippen LogP contribution in [0.4, 0.5) is 0 Å². The van der Waals surface area contributed by atoms with Crippen LogP contribution in [0.15, 0.2) is 29.5 Å². The van der Waals surface area contributed by atoms with Crippen LogP contribution in [-0.4, -0.2) is 6.01 Å². The molecule has 1 rings (SSSR count). The number of nitrogens with zero attached hydrogens (tertiary/aromatic N) is 4. The van der Waals surface area contributed by atoms with Gasteiger partial charge in [-0.3, -0.25) is 0 Å². The summed E-state index contributed by atoms with van der Waals surface area (Å²) in [6, 6.07) is 5.83. The molecule has 0 aromatic carbocycles. The number of nitriles is 1. The molecule has 0 unspecified atom stereocenters. The zero-order valence-electron chi connectivity index (χ0n) is 16.1. The van der Waals surface area contributed by atoms with E-state index in [9.17, 15) is 0 Å². The first-order chi connectivity index (χ1) is 12.3. The Balaban J connectivity index is 0.00000101. The molecule has 0 atom stereocenters. The molecule has 0 amide bonds. The number of hydrogen-bond donors (Lipinski definition) is 0. The molecule has 138 valence electrons. The SMILES string of the molecule is CCCCCCCCCCCCc1cc[n+](CC)cc1.N#CN=C=[N-]. The van der Waals surface area contributed by atoms with Crippen LogP contribution in [0.2, 0.25) is 0 Å². The molecule has 1 aromatic heterocycles. The van der Waals surface area contributed by atoms with Crippen molar-refractivity contribution in [2.75, 3.05) is 0 Å². The van der Waals surface area contributed by atoms with E-state index < -0.39 is 0 Å². The summed E-state index contributed by atoms with van der Waals surface area (Å²) in [6.45, 7) is 5.54. The first-order valence-corrected chi connectivity index (χ1v) is 9.74. The molecule has 4 heteroatoms. The van der Waals surface area contributed by atoms with Crippen molar-refractivity contribution >= 4 is 6.01 Å². The highest BCUT2D eigenvalue weighted by Crippen LogP contribution is 2.11. The van der Waals surface area contributed by atoms with E-state index in [2.05, 4.69) is 47.9 Å². The maximum absolute atomic E-state index is 7.43. The molecule has 0 bridgehead atoms. The summed E-state index contributed by atoms with van der Waals surface area (Å²) in [6.07, 6.45) is 21.1. The molecule has 0 aliphatic heterocycles. The lowest BCUT2D eigenvalue weighted by Crippen LogP contribution is -2.30. The van der Waals surface area contributed by atoms with Gasteiger partial charge in [-0.1, -0.05) is 64.7 Å². The van der Waals surface area contributed by atoms with Gasteiger partial charge in [0.05, 0.1) is 6.19 Å². The van der Waals surface area contributed by atoms with Crippen LogP contribution in [-0.2, 0) is 13.0 Å². The predicted octanol–water partition coefficient (Wildman–Crippen LogP) is 5.67. The van der Waals surface area contributed by atoms with Crippen molar-refractivity contribution < 1.29 is 4.57 Å². The molecule has 0 aliphatic rings. The first-order valence-electron chi connectivity index (χ1n) is 9.74. The summed E-state index contributed by atoms with van der Waals surface area (Å²) in [4.78, 5) is 2.58. The van der Waals surface area contributed by atoms with E-state index in [0.29, 0.717) is 0 Å². The van der Waals surface area contributed by atoms with Gasteiger partial charge < -0.3 is 10.4 Å². The number of hydrogen-bond acceptors (Lipinski definition) is 2. The Morgan fingerprint density at radius 2 is 1.44 bits per heavy atom. The van der Waals surface area contributed by atoms with Gasteiger partial charge in [0.25, 0.3) is 0 Å². The third-order valence-electron chi connectivity index (χ3n) is 4.24. The van der Waals surface area contributed by atoms with E-state index in [0.717, 1.165) is 6.54 Å². The molecule has 0 spiro atoms. The van der Waals surface area contributed by atoms with E-state index in [-0.39, 0.29) is 0 Å². The van der Waals surface area contributed by atoms with Gasteiger partial charge in [0.1, 0.15) is 6.54 Å².